The zero-order valence-corrected chi connectivity index (χ0v) is 17.8. The van der Waals surface area contributed by atoms with Crippen LogP contribution in [0.5, 0.6) is 0 Å². The van der Waals surface area contributed by atoms with Gasteiger partial charge in [0.15, 0.2) is 5.78 Å². The van der Waals surface area contributed by atoms with Crippen molar-refractivity contribution in [3.63, 3.8) is 0 Å². The third kappa shape index (κ3) is 5.55. The fraction of sp³-hybridized carbons (Fsp3) is 0.500. The number of piperidine rings is 1. The van der Waals surface area contributed by atoms with E-state index in [0.29, 0.717) is 18.1 Å². The Morgan fingerprint density at radius 2 is 1.72 bits per heavy atom. The average Bonchev–Trinajstić information content (AvgIpc) is 2.99. The highest BCUT2D eigenvalue weighted by Crippen LogP contribution is 2.25. The van der Waals surface area contributed by atoms with E-state index in [0.717, 1.165) is 57.5 Å². The predicted molar refractivity (Wildman–Crippen MR) is 119 cm³/mol. The summed E-state index contributed by atoms with van der Waals surface area (Å²) in [6.07, 6.45) is 6.28. The molecule has 1 N–H and O–H groups in total. The van der Waals surface area contributed by atoms with Gasteiger partial charge in [-0.25, -0.2) is 0 Å². The molecule has 0 unspecified atom stereocenters. The van der Waals surface area contributed by atoms with Gasteiger partial charge >= 0.3 is 0 Å². The minimum absolute atomic E-state index is 0.326. The Kier molecular flexibility index (Phi) is 6.78. The van der Waals surface area contributed by atoms with Crippen molar-refractivity contribution < 1.29 is 4.79 Å². The molecule has 3 heteroatoms. The molecular weight excluding hydrogens is 356 g/mol. The Labute approximate surface area is 175 Å². The van der Waals surface area contributed by atoms with Gasteiger partial charge in [-0.15, -0.1) is 0 Å². The van der Waals surface area contributed by atoms with Gasteiger partial charge in [-0.05, 0) is 93.9 Å². The lowest BCUT2D eigenvalue weighted by Gasteiger charge is -2.32. The highest BCUT2D eigenvalue weighted by atomic mass is 16.1. The second kappa shape index (κ2) is 9.69. The van der Waals surface area contributed by atoms with Gasteiger partial charge in [0.25, 0.3) is 0 Å². The molecule has 0 radical (unpaired) electrons. The fourth-order valence-corrected chi connectivity index (χ4v) is 4.71. The van der Waals surface area contributed by atoms with Crippen molar-refractivity contribution in [1.29, 1.82) is 0 Å². The zero-order valence-electron chi connectivity index (χ0n) is 17.8. The average molecular weight is 391 g/mol. The Hall–Kier alpha value is -1.97. The minimum atomic E-state index is 0.326. The fourth-order valence-electron chi connectivity index (χ4n) is 4.71. The van der Waals surface area contributed by atoms with Crippen molar-refractivity contribution in [2.45, 2.75) is 52.0 Å². The summed E-state index contributed by atoms with van der Waals surface area (Å²) >= 11 is 0. The van der Waals surface area contributed by atoms with Gasteiger partial charge in [-0.1, -0.05) is 42.0 Å². The van der Waals surface area contributed by atoms with Crippen molar-refractivity contribution in [3.8, 4) is 0 Å². The molecule has 1 saturated heterocycles. The molecule has 2 aliphatic heterocycles. The van der Waals surface area contributed by atoms with Gasteiger partial charge in [0.2, 0.25) is 0 Å². The number of nitrogens with zero attached hydrogens (tertiary/aromatic N) is 1. The molecule has 0 saturated carbocycles. The lowest BCUT2D eigenvalue weighted by Crippen LogP contribution is -2.33. The number of benzene rings is 2. The number of Topliss-reactive ketones (excluding diaryl/α,β-unsaturated/α-hetero) is 1. The van der Waals surface area contributed by atoms with E-state index < -0.39 is 0 Å². The summed E-state index contributed by atoms with van der Waals surface area (Å²) in [5.74, 6) is 1.02. The summed E-state index contributed by atoms with van der Waals surface area (Å²) in [5.41, 5.74) is 6.42. The summed E-state index contributed by atoms with van der Waals surface area (Å²) < 4.78 is 0. The summed E-state index contributed by atoms with van der Waals surface area (Å²) in [6.45, 7) is 7.56. The van der Waals surface area contributed by atoms with Crippen LogP contribution >= 0.6 is 0 Å². The number of nitrogens with one attached hydrogen (secondary N) is 1. The highest BCUT2D eigenvalue weighted by molar-refractivity contribution is 5.96. The summed E-state index contributed by atoms with van der Waals surface area (Å²) in [7, 11) is 0. The number of carbonyl (C=O) groups is 1. The van der Waals surface area contributed by atoms with Crippen molar-refractivity contribution >= 4 is 5.78 Å². The monoisotopic (exact) mass is 390 g/mol. The first-order valence-electron chi connectivity index (χ1n) is 11.3. The molecule has 0 aromatic heterocycles. The highest BCUT2D eigenvalue weighted by Gasteiger charge is 2.20. The number of hydrogen-bond acceptors (Lipinski definition) is 3. The van der Waals surface area contributed by atoms with E-state index in [1.165, 1.54) is 35.1 Å². The van der Waals surface area contributed by atoms with Crippen LogP contribution in [0.3, 0.4) is 0 Å². The number of hydrogen-bond donors (Lipinski definition) is 1. The molecular formula is C26H34N2O. The summed E-state index contributed by atoms with van der Waals surface area (Å²) in [5, 5.41) is 3.44. The van der Waals surface area contributed by atoms with E-state index in [9.17, 15) is 4.79 Å². The molecule has 2 heterocycles. The van der Waals surface area contributed by atoms with Gasteiger partial charge in [-0.3, -0.25) is 9.69 Å². The van der Waals surface area contributed by atoms with E-state index in [1.807, 2.05) is 0 Å². The number of fused-ring (bicyclic) bond motifs is 1. The molecule has 1 fully saturated rings. The van der Waals surface area contributed by atoms with Crippen molar-refractivity contribution in [2.75, 3.05) is 26.2 Å². The molecule has 2 aromatic carbocycles. The normalized spacial score (nSPS) is 18.2. The Morgan fingerprint density at radius 3 is 2.48 bits per heavy atom. The second-order valence-corrected chi connectivity index (χ2v) is 8.90. The molecule has 2 aromatic rings. The third-order valence-corrected chi connectivity index (χ3v) is 6.68. The maximum absolute atomic E-state index is 12.8. The maximum atomic E-state index is 12.8. The van der Waals surface area contributed by atoms with Crippen LogP contribution in [0.25, 0.3) is 0 Å². The molecule has 0 spiro atoms. The molecule has 0 atom stereocenters. The van der Waals surface area contributed by atoms with Crippen molar-refractivity contribution in [2.24, 2.45) is 5.92 Å². The van der Waals surface area contributed by atoms with Crippen LogP contribution < -0.4 is 5.32 Å². The molecule has 29 heavy (non-hydrogen) atoms. The molecule has 0 aliphatic carbocycles. The first-order chi connectivity index (χ1) is 14.2. The number of carbonyl (C=O) groups excluding carboxylic acids is 1. The summed E-state index contributed by atoms with van der Waals surface area (Å²) in [6, 6.07) is 15.3. The van der Waals surface area contributed by atoms with E-state index in [-0.39, 0.29) is 0 Å². The first kappa shape index (κ1) is 20.3. The lowest BCUT2D eigenvalue weighted by atomic mass is 9.89. The Balaban J connectivity index is 1.23. The molecule has 0 amide bonds. The Morgan fingerprint density at radius 1 is 1.00 bits per heavy atom. The van der Waals surface area contributed by atoms with Gasteiger partial charge in [0, 0.05) is 18.5 Å². The Bertz CT molecular complexity index is 819. The van der Waals surface area contributed by atoms with Crippen LogP contribution in [-0.2, 0) is 19.4 Å². The van der Waals surface area contributed by atoms with E-state index >= 15 is 0 Å². The second-order valence-electron chi connectivity index (χ2n) is 8.90. The quantitative estimate of drug-likeness (QED) is 0.734. The molecule has 4 rings (SSSR count). The third-order valence-electron chi connectivity index (χ3n) is 6.68. The largest absolute Gasteiger partial charge is 0.316 e. The van der Waals surface area contributed by atoms with Crippen molar-refractivity contribution in [1.82, 2.24) is 10.2 Å². The van der Waals surface area contributed by atoms with E-state index in [4.69, 9.17) is 0 Å². The van der Waals surface area contributed by atoms with Gasteiger partial charge in [-0.2, -0.15) is 0 Å². The van der Waals surface area contributed by atoms with Crippen LogP contribution in [0.1, 0.15) is 58.3 Å². The molecule has 2 aliphatic rings. The van der Waals surface area contributed by atoms with Crippen LogP contribution in [0, 0.1) is 12.8 Å². The van der Waals surface area contributed by atoms with Gasteiger partial charge in [0.05, 0.1) is 0 Å². The van der Waals surface area contributed by atoms with Gasteiger partial charge < -0.3 is 5.32 Å². The van der Waals surface area contributed by atoms with Crippen molar-refractivity contribution in [3.05, 3.63) is 70.3 Å². The summed E-state index contributed by atoms with van der Waals surface area (Å²) in [4.78, 5) is 15.3. The van der Waals surface area contributed by atoms with Crippen LogP contribution in [-0.4, -0.2) is 36.9 Å². The van der Waals surface area contributed by atoms with E-state index in [2.05, 4.69) is 59.6 Å². The molecule has 0 bridgehead atoms. The maximum Gasteiger partial charge on any atom is 0.162 e. The van der Waals surface area contributed by atoms with Crippen LogP contribution in [0.2, 0.25) is 0 Å². The number of ketones is 1. The number of likely N-dealkylation sites (tertiary alicyclic amines) is 1. The zero-order chi connectivity index (χ0) is 20.1. The SMILES string of the molecule is Cc1ccc(CN2CCC(CCC(=O)c3ccc4c(c3)CCNCC4)CC2)cc1. The molecule has 3 nitrogen and oxygen atoms in total. The number of aryl methyl sites for hydroxylation is 1. The van der Waals surface area contributed by atoms with Gasteiger partial charge in [0.1, 0.15) is 0 Å². The number of rotatable bonds is 6. The minimum Gasteiger partial charge on any atom is -0.316 e. The van der Waals surface area contributed by atoms with Crippen LogP contribution in [0.15, 0.2) is 42.5 Å². The standard InChI is InChI=1S/C26H34N2O/c1-20-2-4-22(5-3-20)19-28-16-12-21(13-17-28)6-9-26(29)25-8-7-23-10-14-27-15-11-24(23)18-25/h2-5,7-8,18,21,27H,6,9-17,19H2,1H3. The topological polar surface area (TPSA) is 32.3 Å². The first-order valence-corrected chi connectivity index (χ1v) is 11.3. The lowest BCUT2D eigenvalue weighted by molar-refractivity contribution is 0.0961. The van der Waals surface area contributed by atoms with E-state index in [1.54, 1.807) is 0 Å². The van der Waals surface area contributed by atoms with Crippen LogP contribution in [0.4, 0.5) is 0 Å². The smallest absolute Gasteiger partial charge is 0.162 e. The molecule has 154 valence electrons. The predicted octanol–water partition coefficient (Wildman–Crippen LogP) is 4.56.